The first-order chi connectivity index (χ1) is 7.34. The second-order valence-electron chi connectivity index (χ2n) is 4.70. The average molecular weight is 224 g/mol. The molecule has 90 valence electrons. The summed E-state index contributed by atoms with van der Waals surface area (Å²) >= 11 is 0. The van der Waals surface area contributed by atoms with Crippen LogP contribution < -0.4 is 0 Å². The molecule has 4 heteroatoms. The standard InChI is InChI=1S/C12H20N2O2/c1-7(2)11(15)10(5)12(16)14-9(4)6-8(3)13-14/h6-7,10-11,15H,1-5H3/t10-,11+/m0/s1. The van der Waals surface area contributed by atoms with E-state index in [2.05, 4.69) is 5.10 Å². The molecule has 1 heterocycles. The number of aromatic nitrogens is 2. The molecule has 0 amide bonds. The maximum atomic E-state index is 12.1. The number of carbonyl (C=O) groups excluding carboxylic acids is 1. The monoisotopic (exact) mass is 224 g/mol. The fraction of sp³-hybridized carbons (Fsp3) is 0.667. The van der Waals surface area contributed by atoms with E-state index in [0.29, 0.717) is 0 Å². The lowest BCUT2D eigenvalue weighted by Crippen LogP contribution is -2.34. The molecule has 0 bridgehead atoms. The van der Waals surface area contributed by atoms with E-state index in [1.165, 1.54) is 4.68 Å². The van der Waals surface area contributed by atoms with Crippen LogP contribution in [0, 0.1) is 25.7 Å². The van der Waals surface area contributed by atoms with Crippen molar-refractivity contribution < 1.29 is 9.90 Å². The number of aliphatic hydroxyl groups is 1. The Balaban J connectivity index is 2.90. The summed E-state index contributed by atoms with van der Waals surface area (Å²) in [5, 5.41) is 14.0. The van der Waals surface area contributed by atoms with E-state index < -0.39 is 12.0 Å². The van der Waals surface area contributed by atoms with E-state index >= 15 is 0 Å². The number of nitrogens with zero attached hydrogens (tertiary/aromatic N) is 2. The molecule has 4 nitrogen and oxygen atoms in total. The van der Waals surface area contributed by atoms with E-state index in [9.17, 15) is 9.90 Å². The lowest BCUT2D eigenvalue weighted by molar-refractivity contribution is 0.0466. The molecular formula is C12H20N2O2. The van der Waals surface area contributed by atoms with Gasteiger partial charge in [0.25, 0.3) is 5.91 Å². The van der Waals surface area contributed by atoms with Crippen molar-refractivity contribution >= 4 is 5.91 Å². The highest BCUT2D eigenvalue weighted by molar-refractivity contribution is 5.81. The van der Waals surface area contributed by atoms with Crippen molar-refractivity contribution in [3.63, 3.8) is 0 Å². The molecule has 0 aliphatic heterocycles. The largest absolute Gasteiger partial charge is 0.392 e. The van der Waals surface area contributed by atoms with Crippen LogP contribution in [0.3, 0.4) is 0 Å². The molecule has 16 heavy (non-hydrogen) atoms. The summed E-state index contributed by atoms with van der Waals surface area (Å²) in [5.74, 6) is -0.513. The van der Waals surface area contributed by atoms with Crippen LogP contribution in [0.25, 0.3) is 0 Å². The van der Waals surface area contributed by atoms with Crippen LogP contribution >= 0.6 is 0 Å². The molecule has 0 saturated carbocycles. The summed E-state index contributed by atoms with van der Waals surface area (Å²) < 4.78 is 1.38. The maximum Gasteiger partial charge on any atom is 0.252 e. The SMILES string of the molecule is Cc1cc(C)n(C(=O)[C@@H](C)[C@H](O)C(C)C)n1. The predicted octanol–water partition coefficient (Wildman–Crippen LogP) is 1.79. The van der Waals surface area contributed by atoms with Gasteiger partial charge in [-0.1, -0.05) is 20.8 Å². The normalized spacial score (nSPS) is 15.2. The minimum atomic E-state index is -0.628. The fourth-order valence-electron chi connectivity index (χ4n) is 1.77. The van der Waals surface area contributed by atoms with Gasteiger partial charge in [0, 0.05) is 5.69 Å². The number of aliphatic hydroxyl groups excluding tert-OH is 1. The van der Waals surface area contributed by atoms with Gasteiger partial charge < -0.3 is 5.11 Å². The topological polar surface area (TPSA) is 55.1 Å². The third-order valence-electron chi connectivity index (χ3n) is 2.80. The molecule has 1 aromatic rings. The van der Waals surface area contributed by atoms with Crippen molar-refractivity contribution in [2.24, 2.45) is 11.8 Å². The van der Waals surface area contributed by atoms with Crippen LogP contribution in [0.15, 0.2) is 6.07 Å². The van der Waals surface area contributed by atoms with Crippen LogP contribution in [0.2, 0.25) is 0 Å². The highest BCUT2D eigenvalue weighted by Gasteiger charge is 2.27. The fourth-order valence-corrected chi connectivity index (χ4v) is 1.77. The summed E-state index contributed by atoms with van der Waals surface area (Å²) in [7, 11) is 0. The van der Waals surface area contributed by atoms with Crippen LogP contribution in [0.1, 0.15) is 37.0 Å². The summed E-state index contributed by atoms with van der Waals surface area (Å²) in [4.78, 5) is 12.1. The maximum absolute atomic E-state index is 12.1. The molecule has 0 aliphatic carbocycles. The van der Waals surface area contributed by atoms with Gasteiger partial charge in [-0.2, -0.15) is 5.10 Å². The zero-order valence-corrected chi connectivity index (χ0v) is 10.6. The van der Waals surface area contributed by atoms with Gasteiger partial charge in [0.05, 0.1) is 17.7 Å². The molecule has 1 N–H and O–H groups in total. The second-order valence-corrected chi connectivity index (χ2v) is 4.70. The van der Waals surface area contributed by atoms with E-state index in [1.54, 1.807) is 6.92 Å². The first kappa shape index (κ1) is 12.9. The van der Waals surface area contributed by atoms with Crippen molar-refractivity contribution in [3.05, 3.63) is 17.5 Å². The van der Waals surface area contributed by atoms with Gasteiger partial charge in [-0.25, -0.2) is 4.68 Å². The summed E-state index contributed by atoms with van der Waals surface area (Å²) in [6.45, 7) is 9.22. The van der Waals surface area contributed by atoms with Crippen molar-refractivity contribution in [1.29, 1.82) is 0 Å². The van der Waals surface area contributed by atoms with Crippen molar-refractivity contribution in [2.75, 3.05) is 0 Å². The Labute approximate surface area is 96.3 Å². The number of hydrogen-bond donors (Lipinski definition) is 1. The van der Waals surface area contributed by atoms with Crippen LogP contribution in [-0.4, -0.2) is 26.9 Å². The van der Waals surface area contributed by atoms with Crippen LogP contribution in [-0.2, 0) is 0 Å². The summed E-state index contributed by atoms with van der Waals surface area (Å²) in [6, 6.07) is 1.85. The molecule has 0 aromatic carbocycles. The zero-order valence-electron chi connectivity index (χ0n) is 10.6. The predicted molar refractivity (Wildman–Crippen MR) is 62.3 cm³/mol. The van der Waals surface area contributed by atoms with Gasteiger partial charge in [-0.05, 0) is 25.8 Å². The Kier molecular flexibility index (Phi) is 3.86. The quantitative estimate of drug-likeness (QED) is 0.851. The molecule has 0 unspecified atom stereocenters. The van der Waals surface area contributed by atoms with Gasteiger partial charge in [0.15, 0.2) is 0 Å². The minimum absolute atomic E-state index is 0.0657. The minimum Gasteiger partial charge on any atom is -0.392 e. The van der Waals surface area contributed by atoms with Crippen molar-refractivity contribution in [1.82, 2.24) is 9.78 Å². The van der Waals surface area contributed by atoms with E-state index in [-0.39, 0.29) is 11.8 Å². The van der Waals surface area contributed by atoms with E-state index in [4.69, 9.17) is 0 Å². The highest BCUT2D eigenvalue weighted by atomic mass is 16.3. The van der Waals surface area contributed by atoms with Crippen LogP contribution in [0.5, 0.6) is 0 Å². The molecular weight excluding hydrogens is 204 g/mol. The molecule has 1 aromatic heterocycles. The lowest BCUT2D eigenvalue weighted by Gasteiger charge is -2.21. The van der Waals surface area contributed by atoms with Crippen molar-refractivity contribution in [3.8, 4) is 0 Å². The third-order valence-corrected chi connectivity index (χ3v) is 2.80. The van der Waals surface area contributed by atoms with Crippen LogP contribution in [0.4, 0.5) is 0 Å². The molecule has 2 atom stereocenters. The van der Waals surface area contributed by atoms with E-state index in [0.717, 1.165) is 11.4 Å². The molecule has 0 spiro atoms. The third kappa shape index (κ3) is 2.50. The Hall–Kier alpha value is -1.16. The van der Waals surface area contributed by atoms with Crippen molar-refractivity contribution in [2.45, 2.75) is 40.7 Å². The Morgan fingerprint density at radius 2 is 1.94 bits per heavy atom. The molecule has 1 rings (SSSR count). The first-order valence-electron chi connectivity index (χ1n) is 5.60. The molecule has 0 saturated heterocycles. The zero-order chi connectivity index (χ0) is 12.5. The van der Waals surface area contributed by atoms with Gasteiger partial charge in [-0.3, -0.25) is 4.79 Å². The molecule has 0 aliphatic rings. The summed E-state index contributed by atoms with van der Waals surface area (Å²) in [5.41, 5.74) is 1.63. The number of carbonyl (C=O) groups is 1. The number of aryl methyl sites for hydroxylation is 2. The summed E-state index contributed by atoms with van der Waals surface area (Å²) in [6.07, 6.45) is -0.628. The average Bonchev–Trinajstić information content (AvgIpc) is 2.54. The Bertz CT molecular complexity index is 382. The Morgan fingerprint density at radius 3 is 2.31 bits per heavy atom. The van der Waals surface area contributed by atoms with Gasteiger partial charge in [0.1, 0.15) is 0 Å². The molecule has 0 fully saturated rings. The smallest absolute Gasteiger partial charge is 0.252 e. The second kappa shape index (κ2) is 4.78. The van der Waals surface area contributed by atoms with Gasteiger partial charge in [0.2, 0.25) is 0 Å². The van der Waals surface area contributed by atoms with E-state index in [1.807, 2.05) is 33.8 Å². The highest BCUT2D eigenvalue weighted by Crippen LogP contribution is 2.15. The number of rotatable bonds is 3. The lowest BCUT2D eigenvalue weighted by atomic mass is 9.94. The number of hydrogen-bond acceptors (Lipinski definition) is 3. The molecule has 0 radical (unpaired) electrons. The Morgan fingerprint density at radius 1 is 1.38 bits per heavy atom. The van der Waals surface area contributed by atoms with Gasteiger partial charge >= 0.3 is 0 Å². The first-order valence-corrected chi connectivity index (χ1v) is 5.60. The van der Waals surface area contributed by atoms with Gasteiger partial charge in [-0.15, -0.1) is 0 Å².